The summed E-state index contributed by atoms with van der Waals surface area (Å²) in [4.78, 5) is 46.8. The molecule has 30 heavy (non-hydrogen) atoms. The van der Waals surface area contributed by atoms with E-state index in [4.69, 9.17) is 0 Å². The number of imidazole rings is 1. The second-order valence-corrected chi connectivity index (χ2v) is 7.90. The van der Waals surface area contributed by atoms with Gasteiger partial charge in [0.15, 0.2) is 0 Å². The summed E-state index contributed by atoms with van der Waals surface area (Å²) >= 11 is 0. The first-order valence-electron chi connectivity index (χ1n) is 10.0. The molecule has 2 heterocycles. The molecule has 154 valence electrons. The summed E-state index contributed by atoms with van der Waals surface area (Å²) in [5, 5.41) is 2.88. The van der Waals surface area contributed by atoms with Crippen LogP contribution >= 0.6 is 0 Å². The topological polar surface area (TPSA) is 95.2 Å². The predicted molar refractivity (Wildman–Crippen MR) is 112 cm³/mol. The number of carbonyl (C=O) groups excluding carboxylic acids is 3. The number of nitrogens with one attached hydrogen (secondary N) is 2. The van der Waals surface area contributed by atoms with E-state index in [1.807, 2.05) is 61.5 Å². The van der Waals surface area contributed by atoms with Crippen molar-refractivity contribution in [2.75, 3.05) is 6.54 Å². The lowest BCUT2D eigenvalue weighted by Gasteiger charge is -2.22. The Balaban J connectivity index is 1.37. The second-order valence-electron chi connectivity index (χ2n) is 7.90. The Bertz CT molecular complexity index is 1070. The van der Waals surface area contributed by atoms with Crippen LogP contribution < -0.4 is 5.32 Å². The van der Waals surface area contributed by atoms with Crippen molar-refractivity contribution in [2.45, 2.75) is 38.1 Å². The molecule has 2 N–H and O–H groups in total. The Hall–Kier alpha value is -3.48. The molecule has 0 radical (unpaired) electrons. The summed E-state index contributed by atoms with van der Waals surface area (Å²) in [5.74, 6) is -0.0762. The monoisotopic (exact) mass is 404 g/mol. The molecule has 1 aliphatic heterocycles. The molecule has 3 aromatic rings. The molecule has 0 spiro atoms. The first-order chi connectivity index (χ1) is 14.4. The first-order valence-corrected chi connectivity index (χ1v) is 10.0. The van der Waals surface area contributed by atoms with Crippen LogP contribution in [-0.4, -0.2) is 39.1 Å². The minimum atomic E-state index is -0.879. The highest BCUT2D eigenvalue weighted by Gasteiger charge is 2.49. The van der Waals surface area contributed by atoms with Crippen molar-refractivity contribution in [3.05, 3.63) is 66.0 Å². The summed E-state index contributed by atoms with van der Waals surface area (Å²) in [7, 11) is 0. The summed E-state index contributed by atoms with van der Waals surface area (Å²) in [6.07, 6.45) is 0.166. The minimum absolute atomic E-state index is 0.0485. The average molecular weight is 404 g/mol. The molecule has 1 fully saturated rings. The highest BCUT2D eigenvalue weighted by Crippen LogP contribution is 2.36. The molecule has 1 aromatic heterocycles. The van der Waals surface area contributed by atoms with E-state index in [-0.39, 0.29) is 43.1 Å². The molecule has 4 rings (SSSR count). The van der Waals surface area contributed by atoms with Crippen LogP contribution in [0.5, 0.6) is 0 Å². The van der Waals surface area contributed by atoms with Gasteiger partial charge in [0.25, 0.3) is 0 Å². The van der Waals surface area contributed by atoms with Crippen molar-refractivity contribution in [3.63, 3.8) is 0 Å². The summed E-state index contributed by atoms with van der Waals surface area (Å²) in [6.45, 7) is 3.69. The van der Waals surface area contributed by atoms with E-state index < -0.39 is 5.41 Å². The van der Waals surface area contributed by atoms with Gasteiger partial charge in [-0.25, -0.2) is 4.98 Å². The number of carbonyl (C=O) groups is 3. The van der Waals surface area contributed by atoms with Crippen molar-refractivity contribution in [3.8, 4) is 0 Å². The Kier molecular flexibility index (Phi) is 5.11. The molecule has 0 saturated carbocycles. The highest BCUT2D eigenvalue weighted by molar-refractivity contribution is 6.09. The number of nitrogens with zero attached hydrogens (tertiary/aromatic N) is 2. The van der Waals surface area contributed by atoms with Gasteiger partial charge in [-0.3, -0.25) is 19.3 Å². The summed E-state index contributed by atoms with van der Waals surface area (Å²) < 4.78 is 0. The lowest BCUT2D eigenvalue weighted by atomic mass is 9.81. The third kappa shape index (κ3) is 3.58. The molecule has 1 unspecified atom stereocenters. The van der Waals surface area contributed by atoms with Crippen LogP contribution in [0.15, 0.2) is 54.6 Å². The quantitative estimate of drug-likeness (QED) is 0.618. The maximum atomic E-state index is 13.0. The van der Waals surface area contributed by atoms with E-state index in [1.165, 1.54) is 4.90 Å². The van der Waals surface area contributed by atoms with E-state index in [0.717, 1.165) is 16.6 Å². The van der Waals surface area contributed by atoms with E-state index in [9.17, 15) is 14.4 Å². The zero-order chi connectivity index (χ0) is 21.3. The van der Waals surface area contributed by atoms with Crippen LogP contribution in [0, 0.1) is 0 Å². The van der Waals surface area contributed by atoms with Crippen LogP contribution in [0.3, 0.4) is 0 Å². The third-order valence-electron chi connectivity index (χ3n) is 5.69. The summed E-state index contributed by atoms with van der Waals surface area (Å²) in [5.41, 5.74) is 1.68. The largest absolute Gasteiger partial charge is 0.346 e. The second kappa shape index (κ2) is 7.74. The fourth-order valence-electron chi connectivity index (χ4n) is 3.92. The number of H-pyrrole nitrogens is 1. The molecule has 3 amide bonds. The van der Waals surface area contributed by atoms with Gasteiger partial charge >= 0.3 is 0 Å². The van der Waals surface area contributed by atoms with Gasteiger partial charge in [-0.2, -0.15) is 0 Å². The predicted octanol–water partition coefficient (Wildman–Crippen LogP) is 2.85. The smallest absolute Gasteiger partial charge is 0.240 e. The van der Waals surface area contributed by atoms with E-state index in [1.54, 1.807) is 6.92 Å². The molecule has 2 aromatic carbocycles. The molecule has 0 bridgehead atoms. The summed E-state index contributed by atoms with van der Waals surface area (Å²) in [6, 6.07) is 16.6. The van der Waals surface area contributed by atoms with E-state index in [0.29, 0.717) is 5.82 Å². The number of benzene rings is 2. The van der Waals surface area contributed by atoms with Gasteiger partial charge in [-0.1, -0.05) is 42.5 Å². The van der Waals surface area contributed by atoms with Crippen LogP contribution in [0.25, 0.3) is 11.0 Å². The lowest BCUT2D eigenvalue weighted by Crippen LogP contribution is -2.39. The third-order valence-corrected chi connectivity index (χ3v) is 5.69. The fraction of sp³-hybridized carbons (Fsp3) is 0.304. The van der Waals surface area contributed by atoms with Crippen LogP contribution in [0.2, 0.25) is 0 Å². The van der Waals surface area contributed by atoms with Gasteiger partial charge < -0.3 is 10.3 Å². The zero-order valence-electron chi connectivity index (χ0n) is 17.0. The molecule has 2 atom stereocenters. The van der Waals surface area contributed by atoms with E-state index in [2.05, 4.69) is 15.3 Å². The number of aromatic nitrogens is 2. The first kappa shape index (κ1) is 19.8. The minimum Gasteiger partial charge on any atom is -0.346 e. The van der Waals surface area contributed by atoms with Crippen molar-refractivity contribution in [1.82, 2.24) is 20.2 Å². The number of aromatic amines is 1. The molecule has 7 nitrogen and oxygen atoms in total. The number of para-hydroxylation sites is 2. The normalized spacial score (nSPS) is 20.0. The maximum absolute atomic E-state index is 13.0. The van der Waals surface area contributed by atoms with Crippen LogP contribution in [0.4, 0.5) is 0 Å². The van der Waals surface area contributed by atoms with Crippen LogP contribution in [-0.2, 0) is 19.8 Å². The SMILES string of the molecule is C[C@H](NC(=O)CCN1C(=O)CC(C)(c2ccccc2)C1=O)c1nc2ccccc2[nH]1. The number of rotatable bonds is 6. The molecular formula is C23H24N4O3. The molecule has 1 saturated heterocycles. The number of imide groups is 1. The van der Waals surface area contributed by atoms with Crippen LogP contribution in [0.1, 0.15) is 44.1 Å². The highest BCUT2D eigenvalue weighted by atomic mass is 16.2. The number of amides is 3. The van der Waals surface area contributed by atoms with Crippen molar-refractivity contribution >= 4 is 28.8 Å². The number of hydrogen-bond acceptors (Lipinski definition) is 4. The molecule has 7 heteroatoms. The van der Waals surface area contributed by atoms with Gasteiger partial charge in [0, 0.05) is 19.4 Å². The van der Waals surface area contributed by atoms with Gasteiger partial charge in [0.2, 0.25) is 17.7 Å². The molecule has 1 aliphatic rings. The average Bonchev–Trinajstić information content (AvgIpc) is 3.27. The van der Waals surface area contributed by atoms with Crippen molar-refractivity contribution < 1.29 is 14.4 Å². The Labute approximate surface area is 174 Å². The van der Waals surface area contributed by atoms with Gasteiger partial charge in [-0.05, 0) is 31.5 Å². The van der Waals surface area contributed by atoms with Gasteiger partial charge in [0.05, 0.1) is 22.5 Å². The van der Waals surface area contributed by atoms with Gasteiger partial charge in [0.1, 0.15) is 5.82 Å². The maximum Gasteiger partial charge on any atom is 0.240 e. The lowest BCUT2D eigenvalue weighted by molar-refractivity contribution is -0.140. The number of hydrogen-bond donors (Lipinski definition) is 2. The zero-order valence-corrected chi connectivity index (χ0v) is 17.0. The van der Waals surface area contributed by atoms with Crippen molar-refractivity contribution in [1.29, 1.82) is 0 Å². The van der Waals surface area contributed by atoms with E-state index >= 15 is 0 Å². The Morgan fingerprint density at radius 3 is 2.60 bits per heavy atom. The number of likely N-dealkylation sites (tertiary alicyclic amines) is 1. The Morgan fingerprint density at radius 1 is 1.17 bits per heavy atom. The standard InChI is InChI=1S/C23H24N4O3/c1-15(21-25-17-10-6-7-11-18(17)26-21)24-19(28)12-13-27-20(29)14-23(2,22(27)30)16-8-4-3-5-9-16/h3-11,15H,12-14H2,1-2H3,(H,24,28)(H,25,26)/t15-,23?/m0/s1. The fourth-order valence-corrected chi connectivity index (χ4v) is 3.92. The number of fused-ring (bicyclic) bond motifs is 1. The van der Waals surface area contributed by atoms with Crippen molar-refractivity contribution in [2.24, 2.45) is 0 Å². The Morgan fingerprint density at radius 2 is 1.87 bits per heavy atom. The molecular weight excluding hydrogens is 380 g/mol. The van der Waals surface area contributed by atoms with Gasteiger partial charge in [-0.15, -0.1) is 0 Å². The molecule has 0 aliphatic carbocycles.